The minimum absolute atomic E-state index is 0.0110. The number of benzene rings is 3. The third kappa shape index (κ3) is 6.88. The van der Waals surface area contributed by atoms with Crippen molar-refractivity contribution in [3.05, 3.63) is 92.3 Å². The molecule has 1 saturated heterocycles. The van der Waals surface area contributed by atoms with Gasteiger partial charge in [-0.3, -0.25) is 19.3 Å². The van der Waals surface area contributed by atoms with E-state index in [9.17, 15) is 19.6 Å². The maximum atomic E-state index is 13.1. The molecule has 0 aliphatic carbocycles. The van der Waals surface area contributed by atoms with Crippen molar-refractivity contribution >= 4 is 56.5 Å². The molecule has 4 rings (SSSR count). The standard InChI is InChI=1S/C29H24BrN3O5S/c1-3-37-24-13-19(12-23(30)27(24)38-17-26(34)32-22-10-8-18(2)9-11-22)14-25-28(35)33(29(36)39-25)16-21-7-5-4-6-20(21)15-31/h4-14H,3,16-17H2,1-2H3,(H,32,34)/b25-14+. The summed E-state index contributed by atoms with van der Waals surface area (Å²) in [7, 11) is 0. The summed E-state index contributed by atoms with van der Waals surface area (Å²) in [6, 6.07) is 19.8. The van der Waals surface area contributed by atoms with Gasteiger partial charge in [0, 0.05) is 5.69 Å². The number of nitriles is 1. The fraction of sp³-hybridized carbons (Fsp3) is 0.172. The Kier molecular flexibility index (Phi) is 9.07. The second kappa shape index (κ2) is 12.7. The Balaban J connectivity index is 1.50. The van der Waals surface area contributed by atoms with Gasteiger partial charge in [-0.15, -0.1) is 0 Å². The van der Waals surface area contributed by atoms with Crippen LogP contribution in [0.2, 0.25) is 0 Å². The molecular weight excluding hydrogens is 582 g/mol. The summed E-state index contributed by atoms with van der Waals surface area (Å²) in [6.07, 6.45) is 1.60. The molecule has 8 nitrogen and oxygen atoms in total. The Labute approximate surface area is 238 Å². The van der Waals surface area contributed by atoms with Crippen LogP contribution in [0.5, 0.6) is 11.5 Å². The number of nitrogens with zero attached hydrogens (tertiary/aromatic N) is 2. The molecular formula is C29H24BrN3O5S. The van der Waals surface area contributed by atoms with Crippen LogP contribution in [0.15, 0.2) is 70.0 Å². The number of amides is 3. The lowest BCUT2D eigenvalue weighted by Crippen LogP contribution is -2.27. The molecule has 39 heavy (non-hydrogen) atoms. The highest BCUT2D eigenvalue weighted by Crippen LogP contribution is 2.39. The molecule has 1 fully saturated rings. The minimum Gasteiger partial charge on any atom is -0.490 e. The number of imide groups is 1. The van der Waals surface area contributed by atoms with Crippen molar-refractivity contribution in [2.75, 3.05) is 18.5 Å². The molecule has 0 bridgehead atoms. The average molecular weight is 606 g/mol. The summed E-state index contributed by atoms with van der Waals surface area (Å²) >= 11 is 4.31. The highest BCUT2D eigenvalue weighted by Gasteiger charge is 2.35. The van der Waals surface area contributed by atoms with Gasteiger partial charge < -0.3 is 14.8 Å². The van der Waals surface area contributed by atoms with Crippen molar-refractivity contribution < 1.29 is 23.9 Å². The van der Waals surface area contributed by atoms with E-state index in [1.54, 1.807) is 42.5 Å². The van der Waals surface area contributed by atoms with Crippen LogP contribution >= 0.6 is 27.7 Å². The fourth-order valence-electron chi connectivity index (χ4n) is 3.77. The van der Waals surface area contributed by atoms with Gasteiger partial charge in [0.2, 0.25) is 0 Å². The molecule has 0 spiro atoms. The number of aryl methyl sites for hydroxylation is 1. The highest BCUT2D eigenvalue weighted by molar-refractivity contribution is 9.10. The molecule has 0 unspecified atom stereocenters. The van der Waals surface area contributed by atoms with E-state index in [4.69, 9.17) is 9.47 Å². The van der Waals surface area contributed by atoms with Crippen LogP contribution in [-0.2, 0) is 16.1 Å². The normalized spacial score (nSPS) is 13.9. The zero-order valence-corrected chi connectivity index (χ0v) is 23.6. The topological polar surface area (TPSA) is 109 Å². The van der Waals surface area contributed by atoms with Gasteiger partial charge in [0.15, 0.2) is 18.1 Å². The zero-order valence-electron chi connectivity index (χ0n) is 21.2. The van der Waals surface area contributed by atoms with E-state index < -0.39 is 11.1 Å². The van der Waals surface area contributed by atoms with Crippen molar-refractivity contribution in [3.63, 3.8) is 0 Å². The number of carbonyl (C=O) groups is 3. The lowest BCUT2D eigenvalue weighted by Gasteiger charge is -2.15. The molecule has 1 N–H and O–H groups in total. The lowest BCUT2D eigenvalue weighted by molar-refractivity contribution is -0.123. The molecule has 0 atom stereocenters. The Morgan fingerprint density at radius 1 is 1.13 bits per heavy atom. The minimum atomic E-state index is -0.445. The number of nitrogens with one attached hydrogen (secondary N) is 1. The van der Waals surface area contributed by atoms with Gasteiger partial charge in [-0.2, -0.15) is 5.26 Å². The van der Waals surface area contributed by atoms with Crippen LogP contribution in [0.25, 0.3) is 6.08 Å². The van der Waals surface area contributed by atoms with Crippen molar-refractivity contribution in [2.24, 2.45) is 0 Å². The van der Waals surface area contributed by atoms with Crippen LogP contribution < -0.4 is 14.8 Å². The molecule has 0 radical (unpaired) electrons. The number of hydrogen-bond acceptors (Lipinski definition) is 7. The number of thioether (sulfide) groups is 1. The second-order valence-corrected chi connectivity index (χ2v) is 10.4. The van der Waals surface area contributed by atoms with E-state index in [2.05, 4.69) is 27.3 Å². The molecule has 1 aliphatic heterocycles. The third-order valence-corrected chi connectivity index (χ3v) is 7.15. The number of anilines is 1. The molecule has 1 heterocycles. The number of ether oxygens (including phenoxy) is 2. The molecule has 1 aliphatic rings. The van der Waals surface area contributed by atoms with Gasteiger partial charge in [0.05, 0.1) is 34.2 Å². The Morgan fingerprint density at radius 3 is 2.59 bits per heavy atom. The van der Waals surface area contributed by atoms with E-state index in [0.717, 1.165) is 22.2 Å². The van der Waals surface area contributed by atoms with Gasteiger partial charge in [-0.05, 0) is 89.1 Å². The summed E-state index contributed by atoms with van der Waals surface area (Å²) in [6.45, 7) is 3.90. The van der Waals surface area contributed by atoms with E-state index >= 15 is 0 Å². The molecule has 3 aromatic carbocycles. The molecule has 0 saturated carbocycles. The average Bonchev–Trinajstić information content (AvgIpc) is 3.17. The van der Waals surface area contributed by atoms with Crippen molar-refractivity contribution in [3.8, 4) is 17.6 Å². The predicted molar refractivity (Wildman–Crippen MR) is 153 cm³/mol. The summed E-state index contributed by atoms with van der Waals surface area (Å²) in [5.41, 5.74) is 3.36. The first kappa shape index (κ1) is 28.0. The quantitative estimate of drug-likeness (QED) is 0.286. The first-order chi connectivity index (χ1) is 18.8. The van der Waals surface area contributed by atoms with Crippen LogP contribution in [0.3, 0.4) is 0 Å². The van der Waals surface area contributed by atoms with E-state index in [1.165, 1.54) is 0 Å². The monoisotopic (exact) mass is 605 g/mol. The fourth-order valence-corrected chi connectivity index (χ4v) is 5.18. The molecule has 3 amide bonds. The summed E-state index contributed by atoms with van der Waals surface area (Å²) < 4.78 is 12.0. The maximum absolute atomic E-state index is 13.1. The summed E-state index contributed by atoms with van der Waals surface area (Å²) in [5, 5.41) is 11.7. The van der Waals surface area contributed by atoms with Crippen LogP contribution in [-0.4, -0.2) is 35.2 Å². The van der Waals surface area contributed by atoms with Crippen molar-refractivity contribution in [1.29, 1.82) is 5.26 Å². The lowest BCUT2D eigenvalue weighted by atomic mass is 10.1. The van der Waals surface area contributed by atoms with Crippen molar-refractivity contribution in [2.45, 2.75) is 20.4 Å². The molecule has 10 heteroatoms. The Hall–Kier alpha value is -4.07. The van der Waals surface area contributed by atoms with Gasteiger partial charge in [0.1, 0.15) is 0 Å². The van der Waals surface area contributed by atoms with Crippen molar-refractivity contribution in [1.82, 2.24) is 4.90 Å². The molecule has 3 aromatic rings. The van der Waals surface area contributed by atoms with Crippen LogP contribution in [0, 0.1) is 18.3 Å². The van der Waals surface area contributed by atoms with E-state index in [0.29, 0.717) is 45.0 Å². The number of rotatable bonds is 9. The number of carbonyl (C=O) groups excluding carboxylic acids is 3. The Bertz CT molecular complexity index is 1500. The largest absolute Gasteiger partial charge is 0.490 e. The van der Waals surface area contributed by atoms with Gasteiger partial charge in [0.25, 0.3) is 17.1 Å². The number of hydrogen-bond donors (Lipinski definition) is 1. The molecule has 198 valence electrons. The Morgan fingerprint density at radius 2 is 1.87 bits per heavy atom. The second-order valence-electron chi connectivity index (χ2n) is 8.50. The van der Waals surface area contributed by atoms with Gasteiger partial charge >= 0.3 is 0 Å². The molecule has 0 aromatic heterocycles. The number of halogens is 1. The van der Waals surface area contributed by atoms with E-state index in [1.807, 2.05) is 38.1 Å². The van der Waals surface area contributed by atoms with Crippen LogP contribution in [0.4, 0.5) is 10.5 Å². The first-order valence-corrected chi connectivity index (χ1v) is 13.6. The van der Waals surface area contributed by atoms with Gasteiger partial charge in [-0.25, -0.2) is 0 Å². The van der Waals surface area contributed by atoms with E-state index in [-0.39, 0.29) is 24.0 Å². The predicted octanol–water partition coefficient (Wildman–Crippen LogP) is 6.28. The SMILES string of the molecule is CCOc1cc(/C=C2/SC(=O)N(Cc3ccccc3C#N)C2=O)cc(Br)c1OCC(=O)Nc1ccc(C)cc1. The third-order valence-electron chi connectivity index (χ3n) is 5.65. The smallest absolute Gasteiger partial charge is 0.293 e. The van der Waals surface area contributed by atoms with Crippen LogP contribution in [0.1, 0.15) is 29.2 Å². The zero-order chi connectivity index (χ0) is 27.9. The van der Waals surface area contributed by atoms with Gasteiger partial charge in [-0.1, -0.05) is 35.9 Å². The highest BCUT2D eigenvalue weighted by atomic mass is 79.9. The summed E-state index contributed by atoms with van der Waals surface area (Å²) in [4.78, 5) is 39.5. The maximum Gasteiger partial charge on any atom is 0.293 e. The first-order valence-electron chi connectivity index (χ1n) is 12.0. The summed E-state index contributed by atoms with van der Waals surface area (Å²) in [5.74, 6) is -0.0541.